The predicted octanol–water partition coefficient (Wildman–Crippen LogP) is -0.533. The van der Waals surface area contributed by atoms with Crippen LogP contribution in [0.3, 0.4) is 0 Å². The Balaban J connectivity index is 0. The Hall–Kier alpha value is 0.542. The summed E-state index contributed by atoms with van der Waals surface area (Å²) in [4.78, 5) is 0. The van der Waals surface area contributed by atoms with E-state index in [2.05, 4.69) is 0 Å². The summed E-state index contributed by atoms with van der Waals surface area (Å²) >= 11 is 0. The third kappa shape index (κ3) is 20.6. The molecule has 0 atom stereocenters. The molecular weight excluding hydrogens is 154 g/mol. The van der Waals surface area contributed by atoms with Gasteiger partial charge in [0.15, 0.2) is 0 Å². The molecule has 0 heterocycles. The van der Waals surface area contributed by atoms with Gasteiger partial charge in [0.1, 0.15) is 0 Å². The molecule has 3 nitrogen and oxygen atoms in total. The number of hydrogen-bond donors (Lipinski definition) is 0. The Morgan fingerprint density at radius 2 is 0.500 bits per heavy atom. The minimum Gasteiger partial charge on any atom is -0.870 e. The van der Waals surface area contributed by atoms with Gasteiger partial charge in [-0.05, 0) is 0 Å². The zero-order valence-corrected chi connectivity index (χ0v) is 3.21. The minimum absolute atomic E-state index is 0. The summed E-state index contributed by atoms with van der Waals surface area (Å²) in [5.41, 5.74) is 0. The van der Waals surface area contributed by atoms with E-state index in [-0.39, 0.29) is 36.9 Å². The van der Waals surface area contributed by atoms with Gasteiger partial charge in [0, 0.05) is 20.4 Å². The first kappa shape index (κ1) is 194. The Bertz CT molecular complexity index is 3.25. The smallest absolute Gasteiger partial charge is 0 e. The molecular formula is H3O3Pd-3. The number of hydrogen-bond acceptors (Lipinski definition) is 3. The fourth-order valence-corrected chi connectivity index (χ4v) is 0. The SMILES string of the molecule is [OH-].[OH-].[OH-].[Pd]. The quantitative estimate of drug-likeness (QED) is 0.443. The van der Waals surface area contributed by atoms with Crippen LogP contribution in [0.5, 0.6) is 0 Å². The first-order chi connectivity index (χ1) is 0. The average molecular weight is 157 g/mol. The van der Waals surface area contributed by atoms with E-state index >= 15 is 0 Å². The van der Waals surface area contributed by atoms with Crippen LogP contribution in [0.15, 0.2) is 0 Å². The Kier molecular flexibility index (Phi) is 3770. The van der Waals surface area contributed by atoms with E-state index in [1.807, 2.05) is 0 Å². The molecule has 4 heteroatoms. The molecule has 0 spiro atoms. The first-order valence-corrected chi connectivity index (χ1v) is 0. The maximum atomic E-state index is 0. The van der Waals surface area contributed by atoms with Crippen molar-refractivity contribution in [3.8, 4) is 0 Å². The van der Waals surface area contributed by atoms with Crippen molar-refractivity contribution in [3.05, 3.63) is 0 Å². The van der Waals surface area contributed by atoms with E-state index in [9.17, 15) is 0 Å². The van der Waals surface area contributed by atoms with E-state index in [4.69, 9.17) is 0 Å². The van der Waals surface area contributed by atoms with Crippen LogP contribution in [0, 0.1) is 0 Å². The molecule has 0 amide bonds. The van der Waals surface area contributed by atoms with Crippen LogP contribution >= 0.6 is 0 Å². The van der Waals surface area contributed by atoms with Crippen molar-refractivity contribution < 1.29 is 36.9 Å². The second-order valence-corrected chi connectivity index (χ2v) is 0. The summed E-state index contributed by atoms with van der Waals surface area (Å²) < 4.78 is 0. The van der Waals surface area contributed by atoms with Crippen molar-refractivity contribution >= 4 is 0 Å². The molecule has 0 saturated carbocycles. The summed E-state index contributed by atoms with van der Waals surface area (Å²) in [5.74, 6) is 0. The van der Waals surface area contributed by atoms with Crippen molar-refractivity contribution in [2.24, 2.45) is 0 Å². The predicted molar refractivity (Wildman–Crippen MR) is 5.81 cm³/mol. The summed E-state index contributed by atoms with van der Waals surface area (Å²) in [6, 6.07) is 0. The van der Waals surface area contributed by atoms with Gasteiger partial charge in [-0.3, -0.25) is 0 Å². The summed E-state index contributed by atoms with van der Waals surface area (Å²) in [6.45, 7) is 0. The summed E-state index contributed by atoms with van der Waals surface area (Å²) in [7, 11) is 0. The van der Waals surface area contributed by atoms with Crippen LogP contribution < -0.4 is 0 Å². The fraction of sp³-hybridized carbons (Fsp3) is 0. The molecule has 0 aliphatic carbocycles. The van der Waals surface area contributed by atoms with Crippen LogP contribution in [0.2, 0.25) is 0 Å². The van der Waals surface area contributed by atoms with Crippen LogP contribution in [-0.4, -0.2) is 16.4 Å². The van der Waals surface area contributed by atoms with Gasteiger partial charge < -0.3 is 16.4 Å². The van der Waals surface area contributed by atoms with E-state index in [0.29, 0.717) is 0 Å². The maximum Gasteiger partial charge on any atom is 0 e. The molecule has 0 saturated heterocycles. The molecule has 0 aliphatic rings. The minimum atomic E-state index is 0. The van der Waals surface area contributed by atoms with Gasteiger partial charge in [-0.25, -0.2) is 0 Å². The molecule has 0 aromatic rings. The molecule has 0 radical (unpaired) electrons. The van der Waals surface area contributed by atoms with Gasteiger partial charge in [-0.1, -0.05) is 0 Å². The Morgan fingerprint density at radius 1 is 0.500 bits per heavy atom. The third-order valence-electron chi connectivity index (χ3n) is 0. The largest absolute Gasteiger partial charge is 0.870 e. The molecule has 0 aliphatic heterocycles. The molecule has 0 unspecified atom stereocenters. The average Bonchev–Trinajstić information content (AvgIpc) is 0. The topological polar surface area (TPSA) is 90.0 Å². The van der Waals surface area contributed by atoms with Gasteiger partial charge in [-0.15, -0.1) is 0 Å². The van der Waals surface area contributed by atoms with Gasteiger partial charge in [0.25, 0.3) is 0 Å². The number of rotatable bonds is 0. The van der Waals surface area contributed by atoms with E-state index < -0.39 is 0 Å². The first-order valence-electron chi connectivity index (χ1n) is 0. The van der Waals surface area contributed by atoms with Crippen molar-refractivity contribution in [3.63, 3.8) is 0 Å². The standard InChI is InChI=1S/3H2O.Pd/h3*1H2;/p-3. The van der Waals surface area contributed by atoms with Gasteiger partial charge in [0.05, 0.1) is 0 Å². The van der Waals surface area contributed by atoms with E-state index in [1.165, 1.54) is 0 Å². The van der Waals surface area contributed by atoms with Gasteiger partial charge in [-0.2, -0.15) is 0 Å². The van der Waals surface area contributed by atoms with E-state index in [0.717, 1.165) is 0 Å². The second kappa shape index (κ2) is 77.8. The fourth-order valence-electron chi connectivity index (χ4n) is 0. The van der Waals surface area contributed by atoms with Crippen molar-refractivity contribution in [2.75, 3.05) is 0 Å². The monoisotopic (exact) mass is 157 g/mol. The molecule has 0 fully saturated rings. The van der Waals surface area contributed by atoms with Crippen LogP contribution in [0.4, 0.5) is 0 Å². The van der Waals surface area contributed by atoms with Crippen LogP contribution in [0.25, 0.3) is 0 Å². The normalized spacial score (nSPS) is 0. The van der Waals surface area contributed by atoms with Crippen molar-refractivity contribution in [2.45, 2.75) is 0 Å². The van der Waals surface area contributed by atoms with Gasteiger partial charge >= 0.3 is 0 Å². The van der Waals surface area contributed by atoms with Gasteiger partial charge in [0.2, 0.25) is 0 Å². The zero-order chi connectivity index (χ0) is 0. The van der Waals surface area contributed by atoms with Crippen molar-refractivity contribution in [1.82, 2.24) is 0 Å². The summed E-state index contributed by atoms with van der Waals surface area (Å²) in [6.07, 6.45) is 0. The molecule has 4 heavy (non-hydrogen) atoms. The Labute approximate surface area is 37.6 Å². The molecule has 0 aromatic carbocycles. The van der Waals surface area contributed by atoms with E-state index in [1.54, 1.807) is 0 Å². The van der Waals surface area contributed by atoms with Crippen LogP contribution in [-0.2, 0) is 20.4 Å². The van der Waals surface area contributed by atoms with Crippen LogP contribution in [0.1, 0.15) is 0 Å². The maximum absolute atomic E-state index is 0. The third-order valence-corrected chi connectivity index (χ3v) is 0. The van der Waals surface area contributed by atoms with Crippen molar-refractivity contribution in [1.29, 1.82) is 0 Å². The molecule has 34 valence electrons. The zero-order valence-electron chi connectivity index (χ0n) is 1.66. The molecule has 3 N–H and O–H groups in total. The molecule has 0 bridgehead atoms. The summed E-state index contributed by atoms with van der Waals surface area (Å²) in [5, 5.41) is 0. The second-order valence-electron chi connectivity index (χ2n) is 0. The molecule has 0 rings (SSSR count). The Morgan fingerprint density at radius 3 is 0.500 bits per heavy atom. The molecule has 0 aromatic heterocycles.